The molecule has 0 aliphatic carbocycles. The van der Waals surface area contributed by atoms with Crippen molar-refractivity contribution >= 4 is 29.0 Å². The van der Waals surface area contributed by atoms with Crippen LogP contribution in [-0.2, 0) is 17.1 Å². The zero-order valence-corrected chi connectivity index (χ0v) is 14.2. The molecular weight excluding hydrogens is 326 g/mol. The Hall–Kier alpha value is -1.98. The zero-order valence-electron chi connectivity index (χ0n) is 12.5. The number of benzene rings is 1. The molecule has 3 nitrogen and oxygen atoms in total. The van der Waals surface area contributed by atoms with Crippen LogP contribution in [0.15, 0.2) is 64.6 Å². The van der Waals surface area contributed by atoms with Crippen LogP contribution < -0.4 is 5.32 Å². The molecule has 0 unspecified atom stereocenters. The molecule has 1 amide bonds. The van der Waals surface area contributed by atoms with Gasteiger partial charge in [0.1, 0.15) is 5.76 Å². The Morgan fingerprint density at radius 1 is 1.17 bits per heavy atom. The Morgan fingerprint density at radius 3 is 2.83 bits per heavy atom. The van der Waals surface area contributed by atoms with Crippen LogP contribution >= 0.6 is 23.1 Å². The highest BCUT2D eigenvalue weighted by Crippen LogP contribution is 2.25. The highest BCUT2D eigenvalue weighted by Gasteiger charge is 2.07. The lowest BCUT2D eigenvalue weighted by molar-refractivity contribution is -0.118. The molecule has 0 spiro atoms. The van der Waals surface area contributed by atoms with Crippen molar-refractivity contribution in [2.75, 3.05) is 5.75 Å². The number of hydrogen-bond acceptors (Lipinski definition) is 4. The minimum Gasteiger partial charge on any atom is -0.464 e. The van der Waals surface area contributed by atoms with Crippen molar-refractivity contribution in [2.24, 2.45) is 0 Å². The maximum atomic E-state index is 11.9. The third-order valence-corrected chi connectivity index (χ3v) is 5.20. The maximum absolute atomic E-state index is 11.9. The van der Waals surface area contributed by atoms with E-state index in [-0.39, 0.29) is 5.91 Å². The molecule has 0 saturated heterocycles. The van der Waals surface area contributed by atoms with E-state index in [1.165, 1.54) is 5.56 Å². The monoisotopic (exact) mass is 343 g/mol. The summed E-state index contributed by atoms with van der Waals surface area (Å²) in [7, 11) is 0. The van der Waals surface area contributed by atoms with Gasteiger partial charge in [-0.05, 0) is 23.8 Å². The van der Waals surface area contributed by atoms with Crippen molar-refractivity contribution < 1.29 is 9.21 Å². The predicted molar refractivity (Wildman–Crippen MR) is 96.5 cm³/mol. The minimum atomic E-state index is 0.0684. The number of furan rings is 1. The SMILES string of the molecule is O=C(CSCc1ccccc1)NCc1cc(-c2ccco2)cs1. The fourth-order valence-electron chi connectivity index (χ4n) is 2.12. The summed E-state index contributed by atoms with van der Waals surface area (Å²) in [4.78, 5) is 13.0. The number of carbonyl (C=O) groups excluding carboxylic acids is 1. The normalized spacial score (nSPS) is 10.6. The summed E-state index contributed by atoms with van der Waals surface area (Å²) in [5, 5.41) is 5.01. The molecule has 0 aliphatic heterocycles. The second kappa shape index (κ2) is 8.04. The van der Waals surface area contributed by atoms with E-state index in [0.29, 0.717) is 12.3 Å². The van der Waals surface area contributed by atoms with Crippen LogP contribution in [0.25, 0.3) is 11.3 Å². The Labute approximate surface area is 143 Å². The van der Waals surface area contributed by atoms with Crippen LogP contribution in [0.3, 0.4) is 0 Å². The highest BCUT2D eigenvalue weighted by atomic mass is 32.2. The van der Waals surface area contributed by atoms with Crippen molar-refractivity contribution in [1.82, 2.24) is 5.32 Å². The summed E-state index contributed by atoms with van der Waals surface area (Å²) in [5.74, 6) is 2.26. The smallest absolute Gasteiger partial charge is 0.230 e. The molecule has 0 bridgehead atoms. The summed E-state index contributed by atoms with van der Waals surface area (Å²) in [6.45, 7) is 0.566. The molecule has 0 atom stereocenters. The van der Waals surface area contributed by atoms with E-state index in [0.717, 1.165) is 22.0 Å². The van der Waals surface area contributed by atoms with Crippen LogP contribution in [0.5, 0.6) is 0 Å². The average molecular weight is 343 g/mol. The van der Waals surface area contributed by atoms with E-state index in [1.807, 2.05) is 35.7 Å². The average Bonchev–Trinajstić information content (AvgIpc) is 3.25. The molecule has 118 valence electrons. The van der Waals surface area contributed by atoms with E-state index in [4.69, 9.17) is 4.42 Å². The summed E-state index contributed by atoms with van der Waals surface area (Å²) in [5.41, 5.74) is 2.30. The topological polar surface area (TPSA) is 42.2 Å². The first kappa shape index (κ1) is 15.9. The minimum absolute atomic E-state index is 0.0684. The fourth-order valence-corrected chi connectivity index (χ4v) is 3.75. The number of hydrogen-bond donors (Lipinski definition) is 1. The number of amides is 1. The second-order valence-corrected chi connectivity index (χ2v) is 7.02. The van der Waals surface area contributed by atoms with Crippen LogP contribution in [0.4, 0.5) is 0 Å². The molecule has 3 aromatic rings. The molecule has 3 rings (SSSR count). The van der Waals surface area contributed by atoms with Crippen molar-refractivity contribution in [2.45, 2.75) is 12.3 Å². The molecule has 23 heavy (non-hydrogen) atoms. The number of nitrogens with one attached hydrogen (secondary N) is 1. The quantitative estimate of drug-likeness (QED) is 0.684. The summed E-state index contributed by atoms with van der Waals surface area (Å²) >= 11 is 3.26. The van der Waals surface area contributed by atoms with E-state index < -0.39 is 0 Å². The molecule has 0 aliphatic rings. The third kappa shape index (κ3) is 4.74. The number of thiophene rings is 1. The summed E-state index contributed by atoms with van der Waals surface area (Å²) < 4.78 is 5.37. The van der Waals surface area contributed by atoms with Crippen molar-refractivity contribution in [3.63, 3.8) is 0 Å². The molecule has 0 saturated carbocycles. The van der Waals surface area contributed by atoms with Gasteiger partial charge in [0.05, 0.1) is 18.6 Å². The van der Waals surface area contributed by atoms with E-state index in [2.05, 4.69) is 23.5 Å². The van der Waals surface area contributed by atoms with Gasteiger partial charge in [0, 0.05) is 21.6 Å². The molecule has 5 heteroatoms. The maximum Gasteiger partial charge on any atom is 0.230 e. The van der Waals surface area contributed by atoms with Crippen LogP contribution in [0.1, 0.15) is 10.4 Å². The van der Waals surface area contributed by atoms with E-state index >= 15 is 0 Å². The van der Waals surface area contributed by atoms with Crippen molar-refractivity contribution in [3.8, 4) is 11.3 Å². The number of rotatable bonds is 7. The van der Waals surface area contributed by atoms with Gasteiger partial charge in [-0.3, -0.25) is 4.79 Å². The lowest BCUT2D eigenvalue weighted by Gasteiger charge is -2.04. The first-order chi connectivity index (χ1) is 11.3. The van der Waals surface area contributed by atoms with Gasteiger partial charge < -0.3 is 9.73 Å². The molecule has 0 fully saturated rings. The standard InChI is InChI=1S/C18H17NO2S2/c20-18(13-22-11-14-5-2-1-3-6-14)19-10-16-9-15(12-23-16)17-7-4-8-21-17/h1-9,12H,10-11,13H2,(H,19,20). The Kier molecular flexibility index (Phi) is 5.56. The third-order valence-electron chi connectivity index (χ3n) is 3.26. The zero-order chi connectivity index (χ0) is 15.9. The molecule has 2 heterocycles. The van der Waals surface area contributed by atoms with E-state index in [1.54, 1.807) is 29.4 Å². The first-order valence-corrected chi connectivity index (χ1v) is 9.34. The van der Waals surface area contributed by atoms with Crippen molar-refractivity contribution in [1.29, 1.82) is 0 Å². The molecule has 2 aromatic heterocycles. The van der Waals surface area contributed by atoms with Crippen molar-refractivity contribution in [3.05, 3.63) is 70.6 Å². The van der Waals surface area contributed by atoms with Gasteiger partial charge in [0.25, 0.3) is 0 Å². The summed E-state index contributed by atoms with van der Waals surface area (Å²) in [6, 6.07) is 16.1. The lowest BCUT2D eigenvalue weighted by Crippen LogP contribution is -2.24. The van der Waals surface area contributed by atoms with Crippen LogP contribution in [0.2, 0.25) is 0 Å². The second-order valence-electron chi connectivity index (χ2n) is 5.03. The summed E-state index contributed by atoms with van der Waals surface area (Å²) in [6.07, 6.45) is 1.67. The van der Waals surface area contributed by atoms with Crippen LogP contribution in [-0.4, -0.2) is 11.7 Å². The molecular formula is C18H17NO2S2. The first-order valence-electron chi connectivity index (χ1n) is 7.31. The van der Waals surface area contributed by atoms with Gasteiger partial charge in [-0.25, -0.2) is 0 Å². The molecule has 0 radical (unpaired) electrons. The Bertz CT molecular complexity index is 735. The lowest BCUT2D eigenvalue weighted by atomic mass is 10.2. The van der Waals surface area contributed by atoms with Gasteiger partial charge in [-0.15, -0.1) is 23.1 Å². The largest absolute Gasteiger partial charge is 0.464 e. The van der Waals surface area contributed by atoms with Gasteiger partial charge in [-0.1, -0.05) is 30.3 Å². The molecule has 1 N–H and O–H groups in total. The Morgan fingerprint density at radius 2 is 2.04 bits per heavy atom. The molecule has 1 aromatic carbocycles. The fraction of sp³-hybridized carbons (Fsp3) is 0.167. The van der Waals surface area contributed by atoms with Gasteiger partial charge in [0.15, 0.2) is 0 Å². The highest BCUT2D eigenvalue weighted by molar-refractivity contribution is 7.99. The number of carbonyl (C=O) groups is 1. The number of thioether (sulfide) groups is 1. The van der Waals surface area contributed by atoms with Gasteiger partial charge in [-0.2, -0.15) is 0 Å². The van der Waals surface area contributed by atoms with Crippen LogP contribution in [0, 0.1) is 0 Å². The van der Waals surface area contributed by atoms with E-state index in [9.17, 15) is 4.79 Å². The Balaban J connectivity index is 1.41. The van der Waals surface area contributed by atoms with Gasteiger partial charge >= 0.3 is 0 Å². The van der Waals surface area contributed by atoms with Gasteiger partial charge in [0.2, 0.25) is 5.91 Å². The predicted octanol–water partition coefficient (Wildman–Crippen LogP) is 4.56.